The Kier molecular flexibility index (Phi) is 4.12. The van der Waals surface area contributed by atoms with Gasteiger partial charge in [-0.25, -0.2) is 4.98 Å². The average molecular weight is 243 g/mol. The maximum absolute atomic E-state index is 5.80. The molecule has 1 N–H and O–H groups in total. The Morgan fingerprint density at radius 1 is 1.22 bits per heavy atom. The number of anilines is 1. The van der Waals surface area contributed by atoms with Crippen LogP contribution >= 0.6 is 0 Å². The molecule has 0 aliphatic rings. The number of hydrogen-bond acceptors (Lipinski definition) is 4. The van der Waals surface area contributed by atoms with E-state index < -0.39 is 0 Å². The number of nitrogens with zero attached hydrogens (tertiary/aromatic N) is 2. The molecule has 1 unspecified atom stereocenters. The lowest BCUT2D eigenvalue weighted by molar-refractivity contribution is 0.217. The van der Waals surface area contributed by atoms with Crippen molar-refractivity contribution in [3.8, 4) is 5.88 Å². The van der Waals surface area contributed by atoms with Gasteiger partial charge >= 0.3 is 0 Å². The van der Waals surface area contributed by atoms with Crippen molar-refractivity contribution in [2.75, 3.05) is 11.9 Å². The monoisotopic (exact) mass is 243 g/mol. The summed E-state index contributed by atoms with van der Waals surface area (Å²) in [6, 6.07) is 11.8. The number of hydrogen-bond donors (Lipinski definition) is 1. The van der Waals surface area contributed by atoms with Crippen LogP contribution in [-0.2, 0) is 0 Å². The minimum Gasteiger partial charge on any atom is -0.470 e. The normalized spacial score (nSPS) is 11.9. The second-order valence-corrected chi connectivity index (χ2v) is 3.92. The summed E-state index contributed by atoms with van der Waals surface area (Å²) in [6.07, 6.45) is 1.66. The van der Waals surface area contributed by atoms with E-state index >= 15 is 0 Å². The fourth-order valence-electron chi connectivity index (χ4n) is 1.62. The topological polar surface area (TPSA) is 47.0 Å². The van der Waals surface area contributed by atoms with Gasteiger partial charge in [0.15, 0.2) is 0 Å². The van der Waals surface area contributed by atoms with Crippen LogP contribution in [0.4, 0.5) is 5.95 Å². The zero-order valence-electron chi connectivity index (χ0n) is 10.6. The predicted molar refractivity (Wildman–Crippen MR) is 71.7 cm³/mol. The van der Waals surface area contributed by atoms with Gasteiger partial charge in [0, 0.05) is 18.8 Å². The van der Waals surface area contributed by atoms with Gasteiger partial charge in [0.2, 0.25) is 11.8 Å². The molecule has 0 spiro atoms. The molecule has 0 saturated carbocycles. The van der Waals surface area contributed by atoms with E-state index in [4.69, 9.17) is 4.74 Å². The lowest BCUT2D eigenvalue weighted by Gasteiger charge is -2.14. The van der Waals surface area contributed by atoms with Crippen molar-refractivity contribution in [1.29, 1.82) is 0 Å². The van der Waals surface area contributed by atoms with Crippen molar-refractivity contribution in [2.45, 2.75) is 20.0 Å². The Hall–Kier alpha value is -2.10. The molecule has 4 nitrogen and oxygen atoms in total. The molecule has 2 rings (SSSR count). The van der Waals surface area contributed by atoms with E-state index in [1.165, 1.54) is 0 Å². The van der Waals surface area contributed by atoms with Gasteiger partial charge in [0.1, 0.15) is 6.10 Å². The lowest BCUT2D eigenvalue weighted by Crippen LogP contribution is -2.07. The summed E-state index contributed by atoms with van der Waals surface area (Å²) in [5, 5.41) is 3.06. The molecule has 0 aliphatic carbocycles. The first-order valence-electron chi connectivity index (χ1n) is 6.08. The highest BCUT2D eigenvalue weighted by molar-refractivity contribution is 5.27. The molecular formula is C14H17N3O. The molecule has 1 aromatic heterocycles. The van der Waals surface area contributed by atoms with Gasteiger partial charge in [-0.3, -0.25) is 0 Å². The second-order valence-electron chi connectivity index (χ2n) is 3.92. The molecule has 0 fully saturated rings. The number of nitrogens with one attached hydrogen (secondary N) is 1. The summed E-state index contributed by atoms with van der Waals surface area (Å²) in [4.78, 5) is 8.39. The van der Waals surface area contributed by atoms with Crippen molar-refractivity contribution in [1.82, 2.24) is 9.97 Å². The van der Waals surface area contributed by atoms with Gasteiger partial charge in [-0.05, 0) is 19.4 Å². The largest absolute Gasteiger partial charge is 0.470 e. The minimum atomic E-state index is -0.0319. The molecule has 18 heavy (non-hydrogen) atoms. The van der Waals surface area contributed by atoms with Crippen molar-refractivity contribution in [3.05, 3.63) is 48.2 Å². The summed E-state index contributed by atoms with van der Waals surface area (Å²) in [5.74, 6) is 1.17. The van der Waals surface area contributed by atoms with Gasteiger partial charge in [-0.1, -0.05) is 30.3 Å². The molecule has 1 heterocycles. The van der Waals surface area contributed by atoms with Crippen LogP contribution in [0.2, 0.25) is 0 Å². The molecule has 94 valence electrons. The Bertz CT molecular complexity index is 487. The molecule has 0 saturated heterocycles. The standard InChI is InChI=1S/C14H17N3O/c1-3-15-14-16-10-9-13(17-14)18-11(2)12-7-5-4-6-8-12/h4-11H,3H2,1-2H3,(H,15,16,17). The van der Waals surface area contributed by atoms with Crippen LogP contribution in [0.25, 0.3) is 0 Å². The summed E-state index contributed by atoms with van der Waals surface area (Å²) in [6.45, 7) is 4.80. The van der Waals surface area contributed by atoms with E-state index in [0.29, 0.717) is 11.8 Å². The molecule has 1 aromatic carbocycles. The quantitative estimate of drug-likeness (QED) is 0.876. The van der Waals surface area contributed by atoms with Crippen LogP contribution in [0.3, 0.4) is 0 Å². The Morgan fingerprint density at radius 3 is 2.72 bits per heavy atom. The zero-order valence-corrected chi connectivity index (χ0v) is 10.6. The smallest absolute Gasteiger partial charge is 0.225 e. The van der Waals surface area contributed by atoms with Crippen LogP contribution in [0.15, 0.2) is 42.6 Å². The summed E-state index contributed by atoms with van der Waals surface area (Å²) >= 11 is 0. The fraction of sp³-hybridized carbons (Fsp3) is 0.286. The van der Waals surface area contributed by atoms with E-state index in [0.717, 1.165) is 12.1 Å². The number of benzene rings is 1. The number of aromatic nitrogens is 2. The van der Waals surface area contributed by atoms with Crippen LogP contribution in [0.1, 0.15) is 25.5 Å². The van der Waals surface area contributed by atoms with Crippen LogP contribution in [-0.4, -0.2) is 16.5 Å². The Balaban J connectivity index is 2.07. The van der Waals surface area contributed by atoms with Crippen molar-refractivity contribution < 1.29 is 4.74 Å². The second kappa shape index (κ2) is 6.00. The van der Waals surface area contributed by atoms with E-state index in [1.54, 1.807) is 12.3 Å². The molecular weight excluding hydrogens is 226 g/mol. The summed E-state index contributed by atoms with van der Waals surface area (Å²) in [7, 11) is 0. The van der Waals surface area contributed by atoms with Gasteiger partial charge < -0.3 is 10.1 Å². The van der Waals surface area contributed by atoms with Crippen molar-refractivity contribution in [2.24, 2.45) is 0 Å². The van der Waals surface area contributed by atoms with Gasteiger partial charge in [-0.15, -0.1) is 0 Å². The molecule has 1 atom stereocenters. The number of ether oxygens (including phenoxy) is 1. The highest BCUT2D eigenvalue weighted by Gasteiger charge is 2.08. The van der Waals surface area contributed by atoms with Gasteiger partial charge in [-0.2, -0.15) is 4.98 Å². The van der Waals surface area contributed by atoms with E-state index in [2.05, 4.69) is 15.3 Å². The minimum absolute atomic E-state index is 0.0319. The summed E-state index contributed by atoms with van der Waals surface area (Å²) in [5.41, 5.74) is 1.13. The van der Waals surface area contributed by atoms with Gasteiger partial charge in [0.25, 0.3) is 0 Å². The molecule has 4 heteroatoms. The Morgan fingerprint density at radius 2 is 2.00 bits per heavy atom. The molecule has 0 bridgehead atoms. The third kappa shape index (κ3) is 3.20. The molecule has 0 radical (unpaired) electrons. The predicted octanol–water partition coefficient (Wildman–Crippen LogP) is 3.05. The maximum atomic E-state index is 5.80. The molecule has 0 aliphatic heterocycles. The first-order valence-corrected chi connectivity index (χ1v) is 6.08. The van der Waals surface area contributed by atoms with Gasteiger partial charge in [0.05, 0.1) is 0 Å². The maximum Gasteiger partial charge on any atom is 0.225 e. The van der Waals surface area contributed by atoms with Crippen molar-refractivity contribution >= 4 is 5.95 Å². The molecule has 2 aromatic rings. The Labute approximate surface area is 107 Å². The highest BCUT2D eigenvalue weighted by atomic mass is 16.5. The third-order valence-corrected chi connectivity index (χ3v) is 2.53. The van der Waals surface area contributed by atoms with Crippen LogP contribution in [0, 0.1) is 0 Å². The van der Waals surface area contributed by atoms with E-state index in [9.17, 15) is 0 Å². The first-order chi connectivity index (χ1) is 8.79. The third-order valence-electron chi connectivity index (χ3n) is 2.53. The van der Waals surface area contributed by atoms with E-state index in [1.807, 2.05) is 44.2 Å². The fourth-order valence-corrected chi connectivity index (χ4v) is 1.62. The van der Waals surface area contributed by atoms with Crippen molar-refractivity contribution in [3.63, 3.8) is 0 Å². The first kappa shape index (κ1) is 12.4. The molecule has 0 amide bonds. The van der Waals surface area contributed by atoms with Crippen LogP contribution < -0.4 is 10.1 Å². The lowest BCUT2D eigenvalue weighted by atomic mass is 10.1. The van der Waals surface area contributed by atoms with Crippen LogP contribution in [0.5, 0.6) is 5.88 Å². The summed E-state index contributed by atoms with van der Waals surface area (Å²) < 4.78 is 5.80. The SMILES string of the molecule is CCNc1nccc(OC(C)c2ccccc2)n1. The van der Waals surface area contributed by atoms with E-state index in [-0.39, 0.29) is 6.10 Å². The number of rotatable bonds is 5. The highest BCUT2D eigenvalue weighted by Crippen LogP contribution is 2.19. The zero-order chi connectivity index (χ0) is 12.8. The average Bonchev–Trinajstić information content (AvgIpc) is 2.40.